The van der Waals surface area contributed by atoms with Crippen LogP contribution in [-0.2, 0) is 0 Å². The van der Waals surface area contributed by atoms with E-state index in [1.807, 2.05) is 32.0 Å². The normalized spacial score (nSPS) is 10.5. The first-order valence-electron chi connectivity index (χ1n) is 8.43. The summed E-state index contributed by atoms with van der Waals surface area (Å²) < 4.78 is 1.74. The molecule has 0 spiro atoms. The number of para-hydroxylation sites is 1. The number of hydrogen-bond acceptors (Lipinski definition) is 5. The van der Waals surface area contributed by atoms with Gasteiger partial charge in [-0.15, -0.1) is 10.2 Å². The second kappa shape index (κ2) is 8.50. The summed E-state index contributed by atoms with van der Waals surface area (Å²) in [6.07, 6.45) is 0. The molecular weight excluding hydrogens is 366 g/mol. The van der Waals surface area contributed by atoms with Gasteiger partial charge >= 0.3 is 6.03 Å². The van der Waals surface area contributed by atoms with E-state index in [0.717, 1.165) is 11.4 Å². The van der Waals surface area contributed by atoms with Crippen molar-refractivity contribution < 1.29 is 4.79 Å². The molecule has 2 heterocycles. The summed E-state index contributed by atoms with van der Waals surface area (Å²) >= 11 is 6.00. The highest BCUT2D eigenvalue weighted by molar-refractivity contribution is 6.33. The molecule has 0 fully saturated rings. The number of aryl methyl sites for hydroxylation is 2. The van der Waals surface area contributed by atoms with Crippen molar-refractivity contribution in [2.24, 2.45) is 0 Å². The highest BCUT2D eigenvalue weighted by Crippen LogP contribution is 2.20. The van der Waals surface area contributed by atoms with Crippen molar-refractivity contribution in [2.75, 3.05) is 23.7 Å². The molecule has 0 saturated heterocycles. The van der Waals surface area contributed by atoms with Gasteiger partial charge < -0.3 is 16.0 Å². The third kappa shape index (κ3) is 4.95. The molecule has 0 atom stereocenters. The first-order valence-corrected chi connectivity index (χ1v) is 8.81. The summed E-state index contributed by atoms with van der Waals surface area (Å²) in [7, 11) is 0. The van der Waals surface area contributed by atoms with Crippen molar-refractivity contribution >= 4 is 29.1 Å². The summed E-state index contributed by atoms with van der Waals surface area (Å²) in [6.45, 7) is 4.82. The number of aromatic nitrogens is 4. The van der Waals surface area contributed by atoms with E-state index in [1.165, 1.54) is 0 Å². The van der Waals surface area contributed by atoms with Gasteiger partial charge in [0.2, 0.25) is 0 Å². The van der Waals surface area contributed by atoms with E-state index in [1.54, 1.807) is 28.9 Å². The molecular formula is C18H20ClN7O. The van der Waals surface area contributed by atoms with Crippen LogP contribution >= 0.6 is 11.6 Å². The molecule has 3 N–H and O–H groups in total. The van der Waals surface area contributed by atoms with Gasteiger partial charge in [0, 0.05) is 18.8 Å². The highest BCUT2D eigenvalue weighted by Gasteiger charge is 2.06. The summed E-state index contributed by atoms with van der Waals surface area (Å²) in [5.41, 5.74) is 2.49. The van der Waals surface area contributed by atoms with Gasteiger partial charge in [-0.1, -0.05) is 23.7 Å². The predicted octanol–water partition coefficient (Wildman–Crippen LogP) is 3.17. The van der Waals surface area contributed by atoms with Crippen molar-refractivity contribution in [3.05, 3.63) is 58.9 Å². The predicted molar refractivity (Wildman–Crippen MR) is 106 cm³/mol. The largest absolute Gasteiger partial charge is 0.367 e. The minimum Gasteiger partial charge on any atom is -0.367 e. The molecule has 8 nitrogen and oxygen atoms in total. The second-order valence-corrected chi connectivity index (χ2v) is 6.31. The summed E-state index contributed by atoms with van der Waals surface area (Å²) in [5.74, 6) is 1.27. The highest BCUT2D eigenvalue weighted by atomic mass is 35.5. The lowest BCUT2D eigenvalue weighted by Crippen LogP contribution is -2.32. The zero-order chi connectivity index (χ0) is 19.2. The number of nitrogens with one attached hydrogen (secondary N) is 3. The van der Waals surface area contributed by atoms with Crippen molar-refractivity contribution in [1.82, 2.24) is 25.3 Å². The van der Waals surface area contributed by atoms with Crippen LogP contribution < -0.4 is 16.0 Å². The van der Waals surface area contributed by atoms with Crippen LogP contribution in [0, 0.1) is 13.8 Å². The number of benzene rings is 1. The molecule has 27 heavy (non-hydrogen) atoms. The summed E-state index contributed by atoms with van der Waals surface area (Å²) in [5, 5.41) is 21.7. The Bertz CT molecular complexity index is 924. The lowest BCUT2D eigenvalue weighted by atomic mass is 10.3. The van der Waals surface area contributed by atoms with Gasteiger partial charge in [0.1, 0.15) is 5.82 Å². The number of anilines is 2. The van der Waals surface area contributed by atoms with E-state index < -0.39 is 0 Å². The molecule has 3 aromatic rings. The molecule has 9 heteroatoms. The van der Waals surface area contributed by atoms with Gasteiger partial charge in [-0.25, -0.2) is 9.48 Å². The first kappa shape index (κ1) is 18.7. The van der Waals surface area contributed by atoms with Crippen LogP contribution in [0.25, 0.3) is 5.82 Å². The van der Waals surface area contributed by atoms with E-state index in [-0.39, 0.29) is 6.03 Å². The molecule has 0 saturated carbocycles. The fourth-order valence-corrected chi connectivity index (χ4v) is 2.67. The molecule has 0 aliphatic carbocycles. The standard InChI is InChI=1S/C18H20ClN7O/c1-12-11-13(2)26(25-12)17-8-7-16(23-24-17)20-9-10-21-18(27)22-15-6-4-3-5-14(15)19/h3-8,11H,9-10H2,1-2H3,(H,20,23)(H2,21,22,27). The Hall–Kier alpha value is -3.13. The lowest BCUT2D eigenvalue weighted by Gasteiger charge is -2.10. The topological polar surface area (TPSA) is 96.8 Å². The molecule has 0 unspecified atom stereocenters. The zero-order valence-electron chi connectivity index (χ0n) is 15.0. The number of nitrogens with zero attached hydrogens (tertiary/aromatic N) is 4. The quantitative estimate of drug-likeness (QED) is 0.566. The number of carbonyl (C=O) groups is 1. The van der Waals surface area contributed by atoms with Crippen LogP contribution in [0.4, 0.5) is 16.3 Å². The number of carbonyl (C=O) groups excluding carboxylic acids is 1. The average molecular weight is 386 g/mol. The minimum atomic E-state index is -0.323. The van der Waals surface area contributed by atoms with E-state index in [9.17, 15) is 4.79 Å². The third-order valence-electron chi connectivity index (χ3n) is 3.72. The molecule has 2 aromatic heterocycles. The van der Waals surface area contributed by atoms with Gasteiger partial charge in [0.15, 0.2) is 5.82 Å². The number of urea groups is 1. The van der Waals surface area contributed by atoms with E-state index >= 15 is 0 Å². The van der Waals surface area contributed by atoms with Crippen molar-refractivity contribution in [3.63, 3.8) is 0 Å². The van der Waals surface area contributed by atoms with Crippen LogP contribution in [0.15, 0.2) is 42.5 Å². The van der Waals surface area contributed by atoms with Gasteiger partial charge in [0.25, 0.3) is 0 Å². The summed E-state index contributed by atoms with van der Waals surface area (Å²) in [6, 6.07) is 12.4. The number of hydrogen-bond donors (Lipinski definition) is 3. The first-order chi connectivity index (χ1) is 13.0. The van der Waals surface area contributed by atoms with Gasteiger partial charge in [-0.05, 0) is 44.2 Å². The Labute approximate surface area is 161 Å². The molecule has 2 amide bonds. The maximum atomic E-state index is 11.9. The number of rotatable bonds is 6. The van der Waals surface area contributed by atoms with E-state index in [4.69, 9.17) is 11.6 Å². The lowest BCUT2D eigenvalue weighted by molar-refractivity contribution is 0.252. The number of amides is 2. The molecule has 0 aliphatic heterocycles. The molecule has 1 aromatic carbocycles. The Morgan fingerprint density at radius 2 is 1.93 bits per heavy atom. The minimum absolute atomic E-state index is 0.323. The molecule has 3 rings (SSSR count). The van der Waals surface area contributed by atoms with Crippen LogP contribution in [-0.4, -0.2) is 39.1 Å². The Morgan fingerprint density at radius 1 is 1.11 bits per heavy atom. The fourth-order valence-electron chi connectivity index (χ4n) is 2.49. The molecule has 0 radical (unpaired) electrons. The smallest absolute Gasteiger partial charge is 0.319 e. The molecule has 0 bridgehead atoms. The number of halogens is 1. The third-order valence-corrected chi connectivity index (χ3v) is 4.05. The van der Waals surface area contributed by atoms with Crippen molar-refractivity contribution in [2.45, 2.75) is 13.8 Å². The van der Waals surface area contributed by atoms with Crippen LogP contribution in [0.3, 0.4) is 0 Å². The SMILES string of the molecule is Cc1cc(C)n(-c2ccc(NCCNC(=O)Nc3ccccc3Cl)nn2)n1. The maximum absolute atomic E-state index is 11.9. The van der Waals surface area contributed by atoms with Crippen LogP contribution in [0.2, 0.25) is 5.02 Å². The van der Waals surface area contributed by atoms with E-state index in [0.29, 0.717) is 35.4 Å². The summed E-state index contributed by atoms with van der Waals surface area (Å²) in [4.78, 5) is 11.9. The van der Waals surface area contributed by atoms with E-state index in [2.05, 4.69) is 31.2 Å². The monoisotopic (exact) mass is 385 g/mol. The fraction of sp³-hybridized carbons (Fsp3) is 0.222. The van der Waals surface area contributed by atoms with Crippen molar-refractivity contribution in [3.8, 4) is 5.82 Å². The van der Waals surface area contributed by atoms with Crippen LogP contribution in [0.1, 0.15) is 11.4 Å². The Morgan fingerprint density at radius 3 is 2.59 bits per heavy atom. The Kier molecular flexibility index (Phi) is 5.87. The maximum Gasteiger partial charge on any atom is 0.319 e. The zero-order valence-corrected chi connectivity index (χ0v) is 15.8. The average Bonchev–Trinajstić information content (AvgIpc) is 2.99. The van der Waals surface area contributed by atoms with Gasteiger partial charge in [-0.3, -0.25) is 0 Å². The molecule has 0 aliphatic rings. The van der Waals surface area contributed by atoms with Gasteiger partial charge in [0.05, 0.1) is 16.4 Å². The Balaban J connectivity index is 1.45. The van der Waals surface area contributed by atoms with Crippen LogP contribution in [0.5, 0.6) is 0 Å². The van der Waals surface area contributed by atoms with Gasteiger partial charge in [-0.2, -0.15) is 5.10 Å². The second-order valence-electron chi connectivity index (χ2n) is 5.90. The van der Waals surface area contributed by atoms with Crippen molar-refractivity contribution in [1.29, 1.82) is 0 Å². The molecule has 140 valence electrons.